The summed E-state index contributed by atoms with van der Waals surface area (Å²) >= 11 is 0. The minimum absolute atomic E-state index is 0.309. The third-order valence-corrected chi connectivity index (χ3v) is 3.15. The number of rotatable bonds is 7. The van der Waals surface area contributed by atoms with Crippen LogP contribution in [-0.2, 0) is 16.1 Å². The summed E-state index contributed by atoms with van der Waals surface area (Å²) < 4.78 is 10.2. The van der Waals surface area contributed by atoms with Crippen LogP contribution >= 0.6 is 0 Å². The zero-order valence-corrected chi connectivity index (χ0v) is 12.6. The number of ether oxygens (including phenoxy) is 2. The first-order valence-electron chi connectivity index (χ1n) is 7.08. The van der Waals surface area contributed by atoms with Crippen molar-refractivity contribution in [2.24, 2.45) is 0 Å². The highest BCUT2D eigenvalue weighted by Gasteiger charge is 2.03. The van der Waals surface area contributed by atoms with Gasteiger partial charge in [0.25, 0.3) is 0 Å². The van der Waals surface area contributed by atoms with Crippen LogP contribution in [0, 0.1) is 0 Å². The van der Waals surface area contributed by atoms with Crippen molar-refractivity contribution in [2.75, 3.05) is 0 Å². The maximum atomic E-state index is 11.1. The van der Waals surface area contributed by atoms with Gasteiger partial charge < -0.3 is 14.6 Å². The van der Waals surface area contributed by atoms with Gasteiger partial charge in [-0.2, -0.15) is 0 Å². The molecule has 0 saturated carbocycles. The maximum Gasteiger partial charge on any atom is 0.335 e. The van der Waals surface area contributed by atoms with E-state index in [0.717, 1.165) is 22.8 Å². The van der Waals surface area contributed by atoms with E-state index < -0.39 is 12.3 Å². The van der Waals surface area contributed by atoms with Gasteiger partial charge in [-0.1, -0.05) is 49.6 Å². The van der Waals surface area contributed by atoms with Crippen molar-refractivity contribution in [3.63, 3.8) is 0 Å². The van der Waals surface area contributed by atoms with Gasteiger partial charge in [0.2, 0.25) is 0 Å². The van der Waals surface area contributed by atoms with Gasteiger partial charge in [-0.15, -0.1) is 0 Å². The molecule has 0 aliphatic heterocycles. The van der Waals surface area contributed by atoms with Gasteiger partial charge in [0.1, 0.15) is 5.75 Å². The molecule has 118 valence electrons. The second-order valence-electron chi connectivity index (χ2n) is 4.78. The Kier molecular flexibility index (Phi) is 5.86. The Morgan fingerprint density at radius 2 is 1.61 bits per heavy atom. The van der Waals surface area contributed by atoms with Crippen LogP contribution in [0.3, 0.4) is 0 Å². The molecule has 0 saturated heterocycles. The summed E-state index contributed by atoms with van der Waals surface area (Å²) in [4.78, 5) is 11.1. The van der Waals surface area contributed by atoms with E-state index in [1.807, 2.05) is 36.4 Å². The predicted molar refractivity (Wildman–Crippen MR) is 88.7 cm³/mol. The number of aliphatic hydroxyl groups excluding tert-OH is 1. The van der Waals surface area contributed by atoms with Crippen LogP contribution in [0.2, 0.25) is 0 Å². The zero-order chi connectivity index (χ0) is 16.7. The summed E-state index contributed by atoms with van der Waals surface area (Å²) in [7, 11) is 0. The number of benzene rings is 2. The van der Waals surface area contributed by atoms with Crippen LogP contribution in [0.4, 0.5) is 0 Å². The molecule has 2 aromatic rings. The average Bonchev–Trinajstić information content (AvgIpc) is 2.60. The minimum Gasteiger partial charge on any atom is -0.423 e. The molecule has 0 bridgehead atoms. The summed E-state index contributed by atoms with van der Waals surface area (Å²) in [6, 6.07) is 15.0. The number of carbonyl (C=O) groups is 1. The van der Waals surface area contributed by atoms with E-state index >= 15 is 0 Å². The summed E-state index contributed by atoms with van der Waals surface area (Å²) in [6.45, 7) is 7.11. The fourth-order valence-corrected chi connectivity index (χ4v) is 1.92. The quantitative estimate of drug-likeness (QED) is 0.280. The lowest BCUT2D eigenvalue weighted by Gasteiger charge is -2.08. The monoisotopic (exact) mass is 310 g/mol. The Balaban J connectivity index is 2.02. The van der Waals surface area contributed by atoms with E-state index in [1.165, 1.54) is 6.08 Å². The lowest BCUT2D eigenvalue weighted by atomic mass is 10.0. The third-order valence-electron chi connectivity index (χ3n) is 3.15. The number of carbonyl (C=O) groups excluding carboxylic acids is 1. The molecule has 1 unspecified atom stereocenters. The first-order valence-corrected chi connectivity index (χ1v) is 7.08. The van der Waals surface area contributed by atoms with Crippen LogP contribution in [-0.4, -0.2) is 17.4 Å². The normalized spacial score (nSPS) is 11.5. The van der Waals surface area contributed by atoms with Gasteiger partial charge >= 0.3 is 5.97 Å². The van der Waals surface area contributed by atoms with Crippen molar-refractivity contribution < 1.29 is 19.4 Å². The van der Waals surface area contributed by atoms with Gasteiger partial charge in [0.15, 0.2) is 6.29 Å². The van der Waals surface area contributed by atoms with Gasteiger partial charge in [-0.05, 0) is 34.9 Å². The molecule has 0 radical (unpaired) electrons. The Hall–Kier alpha value is -2.69. The molecule has 4 nitrogen and oxygen atoms in total. The Morgan fingerprint density at radius 3 is 2.13 bits per heavy atom. The molecule has 0 spiro atoms. The molecule has 0 aliphatic carbocycles. The molecule has 1 atom stereocenters. The van der Waals surface area contributed by atoms with Gasteiger partial charge in [-0.25, -0.2) is 4.79 Å². The molecule has 0 aliphatic rings. The predicted octanol–water partition coefficient (Wildman–Crippen LogP) is 3.47. The number of aliphatic hydroxyl groups is 1. The van der Waals surface area contributed by atoms with Crippen molar-refractivity contribution in [1.82, 2.24) is 0 Å². The maximum absolute atomic E-state index is 11.1. The van der Waals surface area contributed by atoms with Crippen molar-refractivity contribution in [2.45, 2.75) is 12.9 Å². The summed E-state index contributed by atoms with van der Waals surface area (Å²) in [5, 5.41) is 9.28. The lowest BCUT2D eigenvalue weighted by Crippen LogP contribution is -2.07. The number of esters is 1. The SMILES string of the molecule is C=CC(=O)Oc1ccc(-c2ccc(COC(O)C=C)cc2)cc1. The minimum atomic E-state index is -0.958. The van der Waals surface area contributed by atoms with Crippen LogP contribution in [0.25, 0.3) is 11.1 Å². The third kappa shape index (κ3) is 4.92. The van der Waals surface area contributed by atoms with Crippen molar-refractivity contribution in [3.05, 3.63) is 79.4 Å². The molecule has 2 rings (SSSR count). The van der Waals surface area contributed by atoms with E-state index in [-0.39, 0.29) is 0 Å². The highest BCUT2D eigenvalue weighted by molar-refractivity contribution is 5.83. The molecule has 2 aromatic carbocycles. The van der Waals surface area contributed by atoms with E-state index in [9.17, 15) is 9.90 Å². The summed E-state index contributed by atoms with van der Waals surface area (Å²) in [5.74, 6) is -0.00843. The van der Waals surface area contributed by atoms with Crippen molar-refractivity contribution in [1.29, 1.82) is 0 Å². The van der Waals surface area contributed by atoms with Crippen molar-refractivity contribution in [3.8, 4) is 16.9 Å². The number of hydrogen-bond donors (Lipinski definition) is 1. The Bertz CT molecular complexity index is 672. The smallest absolute Gasteiger partial charge is 0.335 e. The highest BCUT2D eigenvalue weighted by Crippen LogP contribution is 2.23. The second-order valence-corrected chi connectivity index (χ2v) is 4.78. The molecular weight excluding hydrogens is 292 g/mol. The molecule has 0 heterocycles. The zero-order valence-electron chi connectivity index (χ0n) is 12.6. The lowest BCUT2D eigenvalue weighted by molar-refractivity contribution is -0.128. The summed E-state index contributed by atoms with van der Waals surface area (Å²) in [6.07, 6.45) is 1.49. The molecule has 4 heteroatoms. The van der Waals surface area contributed by atoms with Gasteiger partial charge in [-0.3, -0.25) is 0 Å². The van der Waals surface area contributed by atoms with E-state index in [0.29, 0.717) is 12.4 Å². The molecule has 0 fully saturated rings. The summed E-state index contributed by atoms with van der Waals surface area (Å²) in [5.41, 5.74) is 2.98. The van der Waals surface area contributed by atoms with E-state index in [4.69, 9.17) is 9.47 Å². The molecule has 0 aromatic heterocycles. The van der Waals surface area contributed by atoms with E-state index in [2.05, 4.69) is 13.2 Å². The van der Waals surface area contributed by atoms with Crippen molar-refractivity contribution >= 4 is 5.97 Å². The average molecular weight is 310 g/mol. The topological polar surface area (TPSA) is 55.8 Å². The largest absolute Gasteiger partial charge is 0.423 e. The van der Waals surface area contributed by atoms with E-state index in [1.54, 1.807) is 12.1 Å². The van der Waals surface area contributed by atoms with Crippen LogP contribution < -0.4 is 4.74 Å². The molecule has 0 amide bonds. The fraction of sp³-hybridized carbons (Fsp3) is 0.105. The Labute approximate surface area is 135 Å². The number of hydrogen-bond acceptors (Lipinski definition) is 4. The first-order chi connectivity index (χ1) is 11.1. The molecule has 23 heavy (non-hydrogen) atoms. The van der Waals surface area contributed by atoms with Crippen LogP contribution in [0.5, 0.6) is 5.75 Å². The molecule has 1 N–H and O–H groups in total. The molecular formula is C19H18O4. The standard InChI is InChI=1S/C19H18O4/c1-3-18(20)22-13-14-5-7-15(8-6-14)16-9-11-17(12-10-16)23-19(21)4-2/h3-12,18,20H,1-2,13H2. The first kappa shape index (κ1) is 16.7. The van der Waals surface area contributed by atoms with Gasteiger partial charge in [0, 0.05) is 6.08 Å². The second kappa shape index (κ2) is 8.08. The highest BCUT2D eigenvalue weighted by atomic mass is 16.6. The van der Waals surface area contributed by atoms with Gasteiger partial charge in [0.05, 0.1) is 6.61 Å². The van der Waals surface area contributed by atoms with Crippen LogP contribution in [0.1, 0.15) is 5.56 Å². The Morgan fingerprint density at radius 1 is 1.04 bits per heavy atom. The fourth-order valence-electron chi connectivity index (χ4n) is 1.92. The van der Waals surface area contributed by atoms with Crippen LogP contribution in [0.15, 0.2) is 73.8 Å².